The van der Waals surface area contributed by atoms with E-state index in [-0.39, 0.29) is 12.1 Å². The highest BCUT2D eigenvalue weighted by atomic mass is 16.3. The summed E-state index contributed by atoms with van der Waals surface area (Å²) in [6.07, 6.45) is 6.31. The van der Waals surface area contributed by atoms with E-state index < -0.39 is 0 Å². The van der Waals surface area contributed by atoms with Crippen LogP contribution in [0.25, 0.3) is 0 Å². The summed E-state index contributed by atoms with van der Waals surface area (Å²) >= 11 is 0. The molecule has 2 aliphatic rings. The predicted molar refractivity (Wildman–Crippen MR) is 80.2 cm³/mol. The molecule has 2 fully saturated rings. The van der Waals surface area contributed by atoms with Gasteiger partial charge < -0.3 is 15.7 Å². The van der Waals surface area contributed by atoms with Crippen LogP contribution in [0.2, 0.25) is 0 Å². The van der Waals surface area contributed by atoms with Gasteiger partial charge >= 0.3 is 0 Å². The monoisotopic (exact) mass is 276 g/mol. The summed E-state index contributed by atoms with van der Waals surface area (Å²) in [5, 5.41) is 16.7. The molecule has 3 rings (SSSR count). The lowest BCUT2D eigenvalue weighted by Gasteiger charge is -2.29. The first-order chi connectivity index (χ1) is 9.69. The fourth-order valence-electron chi connectivity index (χ4n) is 2.90. The van der Waals surface area contributed by atoms with Crippen molar-refractivity contribution >= 4 is 11.6 Å². The molecular formula is C15H24N4O. The summed E-state index contributed by atoms with van der Waals surface area (Å²) in [4.78, 5) is 9.30. The molecule has 2 unspecified atom stereocenters. The number of aliphatic hydroxyl groups is 1. The number of hydrogen-bond acceptors (Lipinski definition) is 5. The molecule has 5 heteroatoms. The van der Waals surface area contributed by atoms with E-state index in [1.54, 1.807) is 0 Å². The molecule has 110 valence electrons. The van der Waals surface area contributed by atoms with Crippen LogP contribution in [0.3, 0.4) is 0 Å². The summed E-state index contributed by atoms with van der Waals surface area (Å²) in [7, 11) is 1.89. The molecular weight excluding hydrogens is 252 g/mol. The van der Waals surface area contributed by atoms with Gasteiger partial charge in [0.1, 0.15) is 17.5 Å². The van der Waals surface area contributed by atoms with Crippen molar-refractivity contribution in [3.8, 4) is 0 Å². The Balaban J connectivity index is 1.85. The van der Waals surface area contributed by atoms with Crippen LogP contribution < -0.4 is 10.6 Å². The Morgan fingerprint density at radius 2 is 1.75 bits per heavy atom. The van der Waals surface area contributed by atoms with Gasteiger partial charge in [-0.15, -0.1) is 0 Å². The minimum absolute atomic E-state index is 0.120. The molecule has 1 aromatic rings. The van der Waals surface area contributed by atoms with Gasteiger partial charge in [0, 0.05) is 18.5 Å². The highest BCUT2D eigenvalue weighted by Crippen LogP contribution is 2.39. The predicted octanol–water partition coefficient (Wildman–Crippen LogP) is 2.42. The molecule has 0 amide bonds. The maximum Gasteiger partial charge on any atom is 0.136 e. The number of hydrogen-bond donors (Lipinski definition) is 3. The van der Waals surface area contributed by atoms with Crippen molar-refractivity contribution in [2.45, 2.75) is 63.5 Å². The van der Waals surface area contributed by atoms with E-state index in [1.165, 1.54) is 19.3 Å². The van der Waals surface area contributed by atoms with Gasteiger partial charge in [0.05, 0.1) is 12.1 Å². The Bertz CT molecular complexity index is 487. The SMILES string of the molecule is CNc1nc(C2CC2)nc(NC2CCCCC2O)c1C. The van der Waals surface area contributed by atoms with Gasteiger partial charge in [0.25, 0.3) is 0 Å². The molecule has 0 aliphatic heterocycles. The second-order valence-electron chi connectivity index (χ2n) is 6.03. The van der Waals surface area contributed by atoms with Gasteiger partial charge in [0.15, 0.2) is 0 Å². The van der Waals surface area contributed by atoms with Gasteiger partial charge in [0.2, 0.25) is 0 Å². The molecule has 2 atom stereocenters. The lowest BCUT2D eigenvalue weighted by atomic mass is 9.92. The van der Waals surface area contributed by atoms with Gasteiger partial charge in [-0.3, -0.25) is 0 Å². The normalized spacial score (nSPS) is 26.4. The quantitative estimate of drug-likeness (QED) is 0.788. The zero-order chi connectivity index (χ0) is 14.1. The van der Waals surface area contributed by atoms with Crippen LogP contribution in [0.5, 0.6) is 0 Å². The van der Waals surface area contributed by atoms with E-state index in [0.717, 1.165) is 42.3 Å². The van der Waals surface area contributed by atoms with Crippen LogP contribution in [0, 0.1) is 6.92 Å². The summed E-state index contributed by atoms with van der Waals surface area (Å²) in [6, 6.07) is 0.120. The smallest absolute Gasteiger partial charge is 0.136 e. The van der Waals surface area contributed by atoms with Crippen molar-refractivity contribution < 1.29 is 5.11 Å². The number of aliphatic hydroxyl groups excluding tert-OH is 1. The Kier molecular flexibility index (Phi) is 3.78. The molecule has 0 radical (unpaired) electrons. The molecule has 1 aromatic heterocycles. The van der Waals surface area contributed by atoms with E-state index in [9.17, 15) is 5.11 Å². The Labute approximate surface area is 120 Å². The number of rotatable bonds is 4. The summed E-state index contributed by atoms with van der Waals surface area (Å²) in [5.74, 6) is 3.25. The van der Waals surface area contributed by atoms with Crippen LogP contribution in [0.4, 0.5) is 11.6 Å². The van der Waals surface area contributed by atoms with Crippen molar-refractivity contribution in [2.75, 3.05) is 17.7 Å². The van der Waals surface area contributed by atoms with Crippen molar-refractivity contribution in [3.63, 3.8) is 0 Å². The molecule has 5 nitrogen and oxygen atoms in total. The highest BCUT2D eigenvalue weighted by Gasteiger charge is 2.29. The molecule has 2 aliphatic carbocycles. The second kappa shape index (κ2) is 5.56. The lowest BCUT2D eigenvalue weighted by Crippen LogP contribution is -2.37. The number of nitrogens with one attached hydrogen (secondary N) is 2. The standard InChI is InChI=1S/C15H24N4O/c1-9-13(16-2)18-15(10-7-8-10)19-14(9)17-11-5-3-4-6-12(11)20/h10-12,20H,3-8H2,1-2H3,(H2,16,17,18,19). The fraction of sp³-hybridized carbons (Fsp3) is 0.733. The zero-order valence-corrected chi connectivity index (χ0v) is 12.3. The van der Waals surface area contributed by atoms with Crippen LogP contribution in [0.15, 0.2) is 0 Å². The topological polar surface area (TPSA) is 70.1 Å². The largest absolute Gasteiger partial charge is 0.391 e. The summed E-state index contributed by atoms with van der Waals surface area (Å²) in [5.41, 5.74) is 1.04. The first-order valence-electron chi connectivity index (χ1n) is 7.70. The van der Waals surface area contributed by atoms with Crippen molar-refractivity contribution in [1.82, 2.24) is 9.97 Å². The van der Waals surface area contributed by atoms with Crippen LogP contribution >= 0.6 is 0 Å². The first kappa shape index (κ1) is 13.6. The summed E-state index contributed by atoms with van der Waals surface area (Å²) in [6.45, 7) is 2.03. The van der Waals surface area contributed by atoms with E-state index in [2.05, 4.69) is 15.6 Å². The van der Waals surface area contributed by atoms with E-state index in [0.29, 0.717) is 5.92 Å². The van der Waals surface area contributed by atoms with Gasteiger partial charge in [-0.1, -0.05) is 12.8 Å². The second-order valence-corrected chi connectivity index (χ2v) is 6.03. The van der Waals surface area contributed by atoms with Crippen molar-refractivity contribution in [1.29, 1.82) is 0 Å². The van der Waals surface area contributed by atoms with Crippen molar-refractivity contribution in [2.24, 2.45) is 0 Å². The minimum Gasteiger partial charge on any atom is -0.391 e. The number of anilines is 2. The van der Waals surface area contributed by atoms with E-state index in [4.69, 9.17) is 4.98 Å². The van der Waals surface area contributed by atoms with Gasteiger partial charge in [-0.25, -0.2) is 9.97 Å². The molecule has 2 saturated carbocycles. The Hall–Kier alpha value is -1.36. The average Bonchev–Trinajstić information content (AvgIpc) is 3.28. The Morgan fingerprint density at radius 3 is 2.40 bits per heavy atom. The van der Waals surface area contributed by atoms with Gasteiger partial charge in [-0.2, -0.15) is 0 Å². The third-order valence-electron chi connectivity index (χ3n) is 4.39. The minimum atomic E-state index is -0.263. The number of nitrogens with zero attached hydrogens (tertiary/aromatic N) is 2. The first-order valence-corrected chi connectivity index (χ1v) is 7.70. The van der Waals surface area contributed by atoms with E-state index >= 15 is 0 Å². The summed E-state index contributed by atoms with van der Waals surface area (Å²) < 4.78 is 0. The molecule has 20 heavy (non-hydrogen) atoms. The highest BCUT2D eigenvalue weighted by molar-refractivity contribution is 5.57. The molecule has 0 bridgehead atoms. The third-order valence-corrected chi connectivity index (χ3v) is 4.39. The molecule has 0 spiro atoms. The molecule has 0 saturated heterocycles. The maximum atomic E-state index is 10.1. The van der Waals surface area contributed by atoms with Crippen LogP contribution in [-0.2, 0) is 0 Å². The maximum absolute atomic E-state index is 10.1. The molecule has 1 heterocycles. The molecule has 0 aromatic carbocycles. The van der Waals surface area contributed by atoms with Crippen LogP contribution in [-0.4, -0.2) is 34.3 Å². The number of aromatic nitrogens is 2. The third kappa shape index (κ3) is 2.73. The zero-order valence-electron chi connectivity index (χ0n) is 12.3. The lowest BCUT2D eigenvalue weighted by molar-refractivity contribution is 0.116. The van der Waals surface area contributed by atoms with E-state index in [1.807, 2.05) is 14.0 Å². The molecule has 3 N–H and O–H groups in total. The average molecular weight is 276 g/mol. The van der Waals surface area contributed by atoms with Gasteiger partial charge in [-0.05, 0) is 32.6 Å². The van der Waals surface area contributed by atoms with Crippen molar-refractivity contribution in [3.05, 3.63) is 11.4 Å². The Morgan fingerprint density at radius 1 is 1.05 bits per heavy atom. The van der Waals surface area contributed by atoms with Crippen LogP contribution in [0.1, 0.15) is 55.8 Å². The fourth-order valence-corrected chi connectivity index (χ4v) is 2.90.